The van der Waals surface area contributed by atoms with Gasteiger partial charge in [-0.1, -0.05) is 30.7 Å². The van der Waals surface area contributed by atoms with E-state index >= 15 is 0 Å². The van der Waals surface area contributed by atoms with Gasteiger partial charge < -0.3 is 0 Å². The second-order valence-corrected chi connectivity index (χ2v) is 6.05. The fourth-order valence-corrected chi connectivity index (χ4v) is 2.80. The van der Waals surface area contributed by atoms with Gasteiger partial charge in [0.25, 0.3) is 0 Å². The largest absolute Gasteiger partial charge is 0.236 e. The predicted octanol–water partition coefficient (Wildman–Crippen LogP) is 2.88. The standard InChI is InChI=1S/C13H15ClN2O2S/c1-2-16(10-3-9-15)19(17,18)11-8-12-4-6-13(14)7-5-12/h4-8,11H,2-3,10H2,1H3/b11-8+. The minimum atomic E-state index is -3.48. The van der Waals surface area contributed by atoms with Crippen LogP contribution in [0.1, 0.15) is 18.9 Å². The number of nitrogens with zero attached hydrogens (tertiary/aromatic N) is 2. The summed E-state index contributed by atoms with van der Waals surface area (Å²) in [6, 6.07) is 8.80. The molecule has 6 heteroatoms. The lowest BCUT2D eigenvalue weighted by Crippen LogP contribution is -2.29. The molecular formula is C13H15ClN2O2S. The monoisotopic (exact) mass is 298 g/mol. The van der Waals surface area contributed by atoms with E-state index in [2.05, 4.69) is 0 Å². The van der Waals surface area contributed by atoms with Gasteiger partial charge >= 0.3 is 0 Å². The number of benzene rings is 1. The van der Waals surface area contributed by atoms with Crippen LogP contribution in [-0.2, 0) is 10.0 Å². The van der Waals surface area contributed by atoms with Crippen molar-refractivity contribution in [2.75, 3.05) is 13.1 Å². The van der Waals surface area contributed by atoms with Crippen LogP contribution in [0.3, 0.4) is 0 Å². The summed E-state index contributed by atoms with van der Waals surface area (Å²) < 4.78 is 25.3. The van der Waals surface area contributed by atoms with Crippen LogP contribution in [0.5, 0.6) is 0 Å². The first kappa shape index (κ1) is 15.7. The quantitative estimate of drug-likeness (QED) is 0.811. The lowest BCUT2D eigenvalue weighted by Gasteiger charge is -2.16. The van der Waals surface area contributed by atoms with Crippen molar-refractivity contribution in [3.05, 3.63) is 40.3 Å². The van der Waals surface area contributed by atoms with E-state index in [4.69, 9.17) is 16.9 Å². The Bertz CT molecular complexity index is 574. The normalized spacial score (nSPS) is 11.9. The average Bonchev–Trinajstić information content (AvgIpc) is 2.39. The molecule has 1 aromatic rings. The first-order valence-corrected chi connectivity index (χ1v) is 7.68. The first-order chi connectivity index (χ1) is 8.99. The van der Waals surface area contributed by atoms with E-state index in [9.17, 15) is 8.42 Å². The summed E-state index contributed by atoms with van der Waals surface area (Å²) in [6.07, 6.45) is 1.70. The third-order valence-corrected chi connectivity index (χ3v) is 4.38. The molecule has 0 fully saturated rings. The molecule has 0 atom stereocenters. The van der Waals surface area contributed by atoms with Crippen LogP contribution in [0, 0.1) is 11.3 Å². The van der Waals surface area contributed by atoms with E-state index in [1.807, 2.05) is 6.07 Å². The lowest BCUT2D eigenvalue weighted by molar-refractivity contribution is 0.442. The summed E-state index contributed by atoms with van der Waals surface area (Å²) in [4.78, 5) is 0. The molecule has 0 amide bonds. The molecule has 0 unspecified atom stereocenters. The highest BCUT2D eigenvalue weighted by Crippen LogP contribution is 2.12. The molecule has 0 radical (unpaired) electrons. The molecule has 1 rings (SSSR count). The second kappa shape index (κ2) is 7.29. The Kier molecular flexibility index (Phi) is 6.03. The van der Waals surface area contributed by atoms with Crippen molar-refractivity contribution in [1.82, 2.24) is 4.31 Å². The Hall–Kier alpha value is -1.35. The van der Waals surface area contributed by atoms with Crippen molar-refractivity contribution in [2.45, 2.75) is 13.3 Å². The summed E-state index contributed by atoms with van der Waals surface area (Å²) >= 11 is 5.75. The summed E-state index contributed by atoms with van der Waals surface area (Å²) in [5.41, 5.74) is 0.754. The molecule has 0 N–H and O–H groups in total. The summed E-state index contributed by atoms with van der Waals surface area (Å²) in [6.45, 7) is 2.29. The number of rotatable bonds is 6. The van der Waals surface area contributed by atoms with Gasteiger partial charge in [0.2, 0.25) is 10.0 Å². The van der Waals surface area contributed by atoms with Crippen LogP contribution in [0.4, 0.5) is 0 Å². The van der Waals surface area contributed by atoms with E-state index in [0.29, 0.717) is 11.6 Å². The van der Waals surface area contributed by atoms with Gasteiger partial charge in [-0.2, -0.15) is 9.57 Å². The van der Waals surface area contributed by atoms with Gasteiger partial charge in [0.1, 0.15) is 0 Å². The zero-order valence-corrected chi connectivity index (χ0v) is 12.2. The van der Waals surface area contributed by atoms with Crippen molar-refractivity contribution >= 4 is 27.7 Å². The molecule has 0 saturated carbocycles. The Morgan fingerprint density at radius 1 is 1.37 bits per heavy atom. The highest BCUT2D eigenvalue weighted by Gasteiger charge is 2.16. The molecule has 0 aliphatic rings. The van der Waals surface area contributed by atoms with Crippen LogP contribution < -0.4 is 0 Å². The van der Waals surface area contributed by atoms with Gasteiger partial charge in [-0.05, 0) is 23.8 Å². The minimum absolute atomic E-state index is 0.182. The summed E-state index contributed by atoms with van der Waals surface area (Å²) in [5.74, 6) is 0. The van der Waals surface area contributed by atoms with E-state index < -0.39 is 10.0 Å². The fraction of sp³-hybridized carbons (Fsp3) is 0.308. The number of hydrogen-bond donors (Lipinski definition) is 0. The number of hydrogen-bond acceptors (Lipinski definition) is 3. The summed E-state index contributed by atoms with van der Waals surface area (Å²) in [7, 11) is -3.48. The highest BCUT2D eigenvalue weighted by atomic mass is 35.5. The molecular weight excluding hydrogens is 284 g/mol. The molecule has 0 aromatic heterocycles. The highest BCUT2D eigenvalue weighted by molar-refractivity contribution is 7.92. The van der Waals surface area contributed by atoms with Gasteiger partial charge in [0.05, 0.1) is 6.07 Å². The topological polar surface area (TPSA) is 61.2 Å². The third-order valence-electron chi connectivity index (χ3n) is 2.49. The Labute approximate surface area is 119 Å². The fourth-order valence-electron chi connectivity index (χ4n) is 1.46. The van der Waals surface area contributed by atoms with Gasteiger partial charge in [-0.3, -0.25) is 0 Å². The van der Waals surface area contributed by atoms with Crippen LogP contribution in [0.15, 0.2) is 29.7 Å². The van der Waals surface area contributed by atoms with Crippen LogP contribution in [0.25, 0.3) is 6.08 Å². The van der Waals surface area contributed by atoms with E-state index in [1.165, 1.54) is 10.4 Å². The molecule has 0 aliphatic heterocycles. The molecule has 102 valence electrons. The zero-order valence-electron chi connectivity index (χ0n) is 10.6. The van der Waals surface area contributed by atoms with E-state index in [0.717, 1.165) is 11.0 Å². The molecule has 19 heavy (non-hydrogen) atoms. The maximum absolute atomic E-state index is 12.0. The number of nitriles is 1. The smallest absolute Gasteiger partial charge is 0.208 e. The SMILES string of the molecule is CCN(CCC#N)S(=O)(=O)/C=C/c1ccc(Cl)cc1. The predicted molar refractivity (Wildman–Crippen MR) is 76.9 cm³/mol. The minimum Gasteiger partial charge on any atom is -0.208 e. The Morgan fingerprint density at radius 2 is 2.00 bits per heavy atom. The lowest BCUT2D eigenvalue weighted by atomic mass is 10.2. The third kappa shape index (κ3) is 5.03. The average molecular weight is 299 g/mol. The maximum Gasteiger partial charge on any atom is 0.236 e. The van der Waals surface area contributed by atoms with Gasteiger partial charge in [0, 0.05) is 29.9 Å². The Morgan fingerprint density at radius 3 is 2.53 bits per heavy atom. The zero-order chi connectivity index (χ0) is 14.3. The first-order valence-electron chi connectivity index (χ1n) is 5.80. The van der Waals surface area contributed by atoms with Crippen LogP contribution in [-0.4, -0.2) is 25.8 Å². The van der Waals surface area contributed by atoms with Crippen molar-refractivity contribution < 1.29 is 8.42 Å². The van der Waals surface area contributed by atoms with Crippen LogP contribution >= 0.6 is 11.6 Å². The molecule has 0 heterocycles. The van der Waals surface area contributed by atoms with Crippen molar-refractivity contribution in [2.24, 2.45) is 0 Å². The molecule has 0 aliphatic carbocycles. The molecule has 4 nitrogen and oxygen atoms in total. The molecule has 0 spiro atoms. The van der Waals surface area contributed by atoms with Gasteiger partial charge in [0.15, 0.2) is 0 Å². The van der Waals surface area contributed by atoms with E-state index in [1.54, 1.807) is 31.2 Å². The van der Waals surface area contributed by atoms with Gasteiger partial charge in [-0.25, -0.2) is 8.42 Å². The maximum atomic E-state index is 12.0. The molecule has 1 aromatic carbocycles. The molecule has 0 saturated heterocycles. The number of sulfonamides is 1. The van der Waals surface area contributed by atoms with Crippen LogP contribution in [0.2, 0.25) is 5.02 Å². The van der Waals surface area contributed by atoms with Crippen molar-refractivity contribution in [1.29, 1.82) is 5.26 Å². The Balaban J connectivity index is 2.83. The summed E-state index contributed by atoms with van der Waals surface area (Å²) in [5, 5.41) is 10.3. The second-order valence-electron chi connectivity index (χ2n) is 3.80. The number of halogens is 1. The van der Waals surface area contributed by atoms with E-state index in [-0.39, 0.29) is 13.0 Å². The van der Waals surface area contributed by atoms with Crippen molar-refractivity contribution in [3.8, 4) is 6.07 Å². The molecule has 0 bridgehead atoms. The van der Waals surface area contributed by atoms with Crippen molar-refractivity contribution in [3.63, 3.8) is 0 Å². The van der Waals surface area contributed by atoms with Gasteiger partial charge in [-0.15, -0.1) is 0 Å².